The molecule has 0 aliphatic carbocycles. The molecular weight excluding hydrogens is 273 g/mol. The smallest absolute Gasteiger partial charge is 0.0479 e. The lowest BCUT2D eigenvalue weighted by Gasteiger charge is -2.00. The van der Waals surface area contributed by atoms with Crippen LogP contribution in [0.4, 0.5) is 0 Å². The molecule has 0 aliphatic rings. The molecule has 1 aromatic carbocycles. The number of nitrogens with one attached hydrogen (secondary N) is 1. The molecule has 0 amide bonds. The molecule has 0 fully saturated rings. The van der Waals surface area contributed by atoms with Crippen molar-refractivity contribution >= 4 is 33.6 Å². The number of benzene rings is 1. The van der Waals surface area contributed by atoms with Gasteiger partial charge in [-0.05, 0) is 36.7 Å². The van der Waals surface area contributed by atoms with Crippen LogP contribution in [0.2, 0.25) is 5.02 Å². The van der Waals surface area contributed by atoms with Crippen LogP contribution >= 0.6 is 27.5 Å². The second-order valence-corrected chi connectivity index (χ2v) is 4.60. The van der Waals surface area contributed by atoms with Crippen LogP contribution in [0, 0.1) is 0 Å². The zero-order valence-corrected chi connectivity index (χ0v) is 11.1. The van der Waals surface area contributed by atoms with Crippen molar-refractivity contribution in [3.63, 3.8) is 0 Å². The molecule has 1 aromatic rings. The summed E-state index contributed by atoms with van der Waals surface area (Å²) in [7, 11) is 0. The molecule has 0 atom stereocenters. The Morgan fingerprint density at radius 1 is 1.47 bits per heavy atom. The van der Waals surface area contributed by atoms with Crippen LogP contribution in [0.3, 0.4) is 0 Å². The van der Waals surface area contributed by atoms with E-state index in [1.54, 1.807) is 0 Å². The molecule has 0 bridgehead atoms. The molecule has 0 saturated carbocycles. The molecule has 82 valence electrons. The zero-order valence-electron chi connectivity index (χ0n) is 8.76. The Bertz CT molecular complexity index is 336. The Hall–Kier alpha value is -0.310. The molecule has 1 rings (SSSR count). The van der Waals surface area contributed by atoms with Gasteiger partial charge in [-0.2, -0.15) is 0 Å². The van der Waals surface area contributed by atoms with Crippen LogP contribution < -0.4 is 5.32 Å². The fourth-order valence-corrected chi connectivity index (χ4v) is 1.75. The van der Waals surface area contributed by atoms with Gasteiger partial charge in [0.2, 0.25) is 0 Å². The third-order valence-corrected chi connectivity index (χ3v) is 2.78. The van der Waals surface area contributed by atoms with Gasteiger partial charge in [-0.25, -0.2) is 0 Å². The van der Waals surface area contributed by atoms with Gasteiger partial charge < -0.3 is 5.32 Å². The minimum absolute atomic E-state index is 0.782. The molecular formula is C12H15BrClN. The van der Waals surface area contributed by atoms with E-state index in [-0.39, 0.29) is 0 Å². The molecule has 15 heavy (non-hydrogen) atoms. The van der Waals surface area contributed by atoms with Gasteiger partial charge in [0.1, 0.15) is 0 Å². The second-order valence-electron chi connectivity index (χ2n) is 3.27. The molecule has 0 aromatic heterocycles. The average molecular weight is 289 g/mol. The van der Waals surface area contributed by atoms with Crippen LogP contribution in [0.25, 0.3) is 6.08 Å². The van der Waals surface area contributed by atoms with E-state index in [1.807, 2.05) is 24.3 Å². The summed E-state index contributed by atoms with van der Waals surface area (Å²) in [6.45, 7) is 4.09. The van der Waals surface area contributed by atoms with E-state index in [0.29, 0.717) is 0 Å². The highest BCUT2D eigenvalue weighted by molar-refractivity contribution is 9.10. The van der Waals surface area contributed by atoms with Crippen molar-refractivity contribution in [2.75, 3.05) is 13.1 Å². The van der Waals surface area contributed by atoms with E-state index in [4.69, 9.17) is 11.6 Å². The number of hydrogen-bond donors (Lipinski definition) is 1. The van der Waals surface area contributed by atoms with Crippen LogP contribution in [-0.2, 0) is 0 Å². The monoisotopic (exact) mass is 287 g/mol. The molecule has 0 radical (unpaired) electrons. The SMILES string of the molecule is CCCNC/C=C/c1cc(Br)ccc1Cl. The first-order chi connectivity index (χ1) is 7.24. The zero-order chi connectivity index (χ0) is 11.1. The lowest BCUT2D eigenvalue weighted by molar-refractivity contribution is 0.730. The summed E-state index contributed by atoms with van der Waals surface area (Å²) in [5.74, 6) is 0. The van der Waals surface area contributed by atoms with Crippen molar-refractivity contribution in [1.82, 2.24) is 5.32 Å². The Morgan fingerprint density at radius 2 is 2.27 bits per heavy atom. The lowest BCUT2D eigenvalue weighted by Crippen LogP contribution is -2.13. The summed E-state index contributed by atoms with van der Waals surface area (Å²) in [6, 6.07) is 5.85. The van der Waals surface area contributed by atoms with Gasteiger partial charge >= 0.3 is 0 Å². The van der Waals surface area contributed by atoms with E-state index in [0.717, 1.165) is 34.6 Å². The van der Waals surface area contributed by atoms with E-state index in [9.17, 15) is 0 Å². The Labute approximate surface area is 105 Å². The van der Waals surface area contributed by atoms with E-state index in [2.05, 4.69) is 34.2 Å². The highest BCUT2D eigenvalue weighted by atomic mass is 79.9. The quantitative estimate of drug-likeness (QED) is 0.804. The molecule has 0 unspecified atom stereocenters. The fourth-order valence-electron chi connectivity index (χ4n) is 1.19. The molecule has 3 heteroatoms. The average Bonchev–Trinajstić information content (AvgIpc) is 2.23. The molecule has 0 aliphatic heterocycles. The molecule has 1 N–H and O–H groups in total. The van der Waals surface area contributed by atoms with Crippen LogP contribution in [0.5, 0.6) is 0 Å². The first-order valence-electron chi connectivity index (χ1n) is 5.06. The fraction of sp³-hybridized carbons (Fsp3) is 0.333. The maximum atomic E-state index is 6.04. The summed E-state index contributed by atoms with van der Waals surface area (Å²) < 4.78 is 1.05. The summed E-state index contributed by atoms with van der Waals surface area (Å²) in [5, 5.41) is 4.08. The molecule has 0 spiro atoms. The summed E-state index contributed by atoms with van der Waals surface area (Å²) in [5.41, 5.74) is 1.05. The number of rotatable bonds is 5. The Kier molecular flexibility index (Phi) is 5.99. The van der Waals surface area contributed by atoms with Crippen LogP contribution in [0.15, 0.2) is 28.7 Å². The summed E-state index contributed by atoms with van der Waals surface area (Å²) >= 11 is 9.47. The first kappa shape index (κ1) is 12.8. The minimum Gasteiger partial charge on any atom is -0.313 e. The maximum Gasteiger partial charge on any atom is 0.0479 e. The first-order valence-corrected chi connectivity index (χ1v) is 6.23. The predicted molar refractivity (Wildman–Crippen MR) is 71.3 cm³/mol. The third kappa shape index (κ3) is 4.83. The van der Waals surface area contributed by atoms with Crippen molar-refractivity contribution < 1.29 is 0 Å². The van der Waals surface area contributed by atoms with Gasteiger partial charge in [0.15, 0.2) is 0 Å². The van der Waals surface area contributed by atoms with E-state index in [1.165, 1.54) is 0 Å². The summed E-state index contributed by atoms with van der Waals surface area (Å²) in [6.07, 6.45) is 5.28. The van der Waals surface area contributed by atoms with E-state index >= 15 is 0 Å². The number of hydrogen-bond acceptors (Lipinski definition) is 1. The third-order valence-electron chi connectivity index (χ3n) is 1.94. The van der Waals surface area contributed by atoms with Gasteiger partial charge in [0.05, 0.1) is 0 Å². The van der Waals surface area contributed by atoms with Crippen molar-refractivity contribution in [3.05, 3.63) is 39.3 Å². The van der Waals surface area contributed by atoms with Gasteiger partial charge in [-0.15, -0.1) is 0 Å². The van der Waals surface area contributed by atoms with Gasteiger partial charge in [0.25, 0.3) is 0 Å². The van der Waals surface area contributed by atoms with Crippen molar-refractivity contribution in [2.45, 2.75) is 13.3 Å². The standard InChI is InChI=1S/C12H15BrClN/c1-2-7-15-8-3-4-10-9-11(13)5-6-12(10)14/h3-6,9,15H,2,7-8H2,1H3/b4-3+. The minimum atomic E-state index is 0.782. The number of halogens is 2. The lowest BCUT2D eigenvalue weighted by atomic mass is 10.2. The van der Waals surface area contributed by atoms with Gasteiger partial charge in [-0.1, -0.05) is 46.6 Å². The largest absolute Gasteiger partial charge is 0.313 e. The van der Waals surface area contributed by atoms with Crippen molar-refractivity contribution in [1.29, 1.82) is 0 Å². The summed E-state index contributed by atoms with van der Waals surface area (Å²) in [4.78, 5) is 0. The normalized spacial score (nSPS) is 11.1. The van der Waals surface area contributed by atoms with Crippen LogP contribution in [0.1, 0.15) is 18.9 Å². The van der Waals surface area contributed by atoms with Crippen molar-refractivity contribution in [2.24, 2.45) is 0 Å². The van der Waals surface area contributed by atoms with Crippen LogP contribution in [-0.4, -0.2) is 13.1 Å². The molecule has 0 heterocycles. The topological polar surface area (TPSA) is 12.0 Å². The maximum absolute atomic E-state index is 6.04. The Balaban J connectivity index is 2.52. The predicted octanol–water partition coefficient (Wildman–Crippen LogP) is 4.12. The highest BCUT2D eigenvalue weighted by Crippen LogP contribution is 2.21. The Morgan fingerprint density at radius 3 is 3.00 bits per heavy atom. The van der Waals surface area contributed by atoms with E-state index < -0.39 is 0 Å². The highest BCUT2D eigenvalue weighted by Gasteiger charge is 1.96. The van der Waals surface area contributed by atoms with Gasteiger partial charge in [0, 0.05) is 16.0 Å². The molecule has 0 saturated heterocycles. The van der Waals surface area contributed by atoms with Crippen molar-refractivity contribution in [3.8, 4) is 0 Å². The van der Waals surface area contributed by atoms with Gasteiger partial charge in [-0.3, -0.25) is 0 Å². The second kappa shape index (κ2) is 7.04. The molecule has 1 nitrogen and oxygen atoms in total.